The summed E-state index contributed by atoms with van der Waals surface area (Å²) in [7, 11) is 1.13. The van der Waals surface area contributed by atoms with Crippen LogP contribution in [-0.2, 0) is 32.7 Å². The summed E-state index contributed by atoms with van der Waals surface area (Å²) in [4.78, 5) is 36.7. The smallest absolute Gasteiger partial charge is 0.306 e. The summed E-state index contributed by atoms with van der Waals surface area (Å²) in [5.41, 5.74) is 5.49. The van der Waals surface area contributed by atoms with E-state index < -0.39 is 32.5 Å². The number of esters is 2. The molecule has 0 bridgehead atoms. The average Bonchev–Trinajstić information content (AvgIpc) is 2.94. The lowest BCUT2D eigenvalue weighted by Gasteiger charge is -2.28. The molecule has 0 aliphatic carbocycles. The normalized spacial score (nSPS) is 13.9. The van der Waals surface area contributed by atoms with Gasteiger partial charge in [0.15, 0.2) is 6.10 Å². The Bertz CT molecular complexity index is 733. The van der Waals surface area contributed by atoms with Gasteiger partial charge in [-0.3, -0.25) is 14.2 Å². The Labute approximate surface area is 262 Å². The van der Waals surface area contributed by atoms with E-state index in [0.717, 1.165) is 32.1 Å². The standard InChI is InChI=1S/C32H65N2O8P/c1-5-6-7-8-9-10-11-12-13-14-15-16-17-18-20-23-31(35)39-28-30(42-32(36)24-21-19-22-25-33)29-41-43(37,38)40-27-26-34(2,3)4/h30H,5-29,33H2,1-4H3/t30-/m1/s1. The molecular weight excluding hydrogens is 571 g/mol. The van der Waals surface area contributed by atoms with E-state index in [9.17, 15) is 19.0 Å². The molecule has 0 saturated heterocycles. The van der Waals surface area contributed by atoms with Crippen LogP contribution >= 0.6 is 7.82 Å². The molecule has 0 aromatic rings. The second-order valence-electron chi connectivity index (χ2n) is 12.7. The van der Waals surface area contributed by atoms with Crippen LogP contribution in [0.3, 0.4) is 0 Å². The second kappa shape index (κ2) is 27.3. The first-order valence-corrected chi connectivity index (χ1v) is 18.4. The van der Waals surface area contributed by atoms with Gasteiger partial charge in [0.2, 0.25) is 0 Å². The molecule has 0 aliphatic rings. The number of carbonyl (C=O) groups is 2. The third-order valence-electron chi connectivity index (χ3n) is 7.23. The van der Waals surface area contributed by atoms with Crippen molar-refractivity contribution in [1.29, 1.82) is 0 Å². The highest BCUT2D eigenvalue weighted by atomic mass is 31.2. The molecule has 0 spiro atoms. The zero-order valence-corrected chi connectivity index (χ0v) is 28.9. The number of carbonyl (C=O) groups excluding carboxylic acids is 2. The summed E-state index contributed by atoms with van der Waals surface area (Å²) in [6, 6.07) is 0. The van der Waals surface area contributed by atoms with Crippen LogP contribution in [0.4, 0.5) is 0 Å². The van der Waals surface area contributed by atoms with Crippen LogP contribution in [0.5, 0.6) is 0 Å². The molecule has 2 atom stereocenters. The van der Waals surface area contributed by atoms with Crippen molar-refractivity contribution in [2.24, 2.45) is 5.73 Å². The first kappa shape index (κ1) is 42.0. The highest BCUT2D eigenvalue weighted by Crippen LogP contribution is 2.38. The number of hydrogen-bond donors (Lipinski definition) is 1. The van der Waals surface area contributed by atoms with Crippen LogP contribution in [0.25, 0.3) is 0 Å². The van der Waals surface area contributed by atoms with E-state index in [2.05, 4.69) is 6.92 Å². The lowest BCUT2D eigenvalue weighted by atomic mass is 10.0. The van der Waals surface area contributed by atoms with Crippen LogP contribution in [0.2, 0.25) is 0 Å². The lowest BCUT2D eigenvalue weighted by molar-refractivity contribution is -0.870. The fourth-order valence-electron chi connectivity index (χ4n) is 4.49. The van der Waals surface area contributed by atoms with Gasteiger partial charge in [0.1, 0.15) is 19.8 Å². The van der Waals surface area contributed by atoms with Crippen LogP contribution in [0.1, 0.15) is 135 Å². The summed E-state index contributed by atoms with van der Waals surface area (Å²) in [5.74, 6) is -0.904. The van der Waals surface area contributed by atoms with Crippen molar-refractivity contribution in [3.63, 3.8) is 0 Å². The van der Waals surface area contributed by atoms with Gasteiger partial charge in [0.05, 0.1) is 27.7 Å². The first-order chi connectivity index (χ1) is 20.5. The van der Waals surface area contributed by atoms with Gasteiger partial charge >= 0.3 is 11.9 Å². The average molecular weight is 637 g/mol. The van der Waals surface area contributed by atoms with Crippen LogP contribution in [-0.4, -0.2) is 76.6 Å². The van der Waals surface area contributed by atoms with E-state index in [0.29, 0.717) is 24.0 Å². The molecule has 43 heavy (non-hydrogen) atoms. The van der Waals surface area contributed by atoms with Crippen LogP contribution in [0.15, 0.2) is 0 Å². The van der Waals surface area contributed by atoms with E-state index in [-0.39, 0.29) is 26.1 Å². The number of ether oxygens (including phenoxy) is 2. The van der Waals surface area contributed by atoms with Gasteiger partial charge in [0, 0.05) is 12.8 Å². The van der Waals surface area contributed by atoms with Gasteiger partial charge in [-0.15, -0.1) is 0 Å². The molecule has 11 heteroatoms. The maximum Gasteiger partial charge on any atom is 0.306 e. The molecule has 0 aromatic carbocycles. The maximum atomic E-state index is 12.3. The molecule has 0 saturated carbocycles. The van der Waals surface area contributed by atoms with E-state index in [1.807, 2.05) is 21.1 Å². The lowest BCUT2D eigenvalue weighted by Crippen LogP contribution is -2.37. The van der Waals surface area contributed by atoms with E-state index in [1.54, 1.807) is 0 Å². The van der Waals surface area contributed by atoms with E-state index in [4.69, 9.17) is 24.3 Å². The maximum absolute atomic E-state index is 12.3. The zero-order valence-electron chi connectivity index (χ0n) is 28.0. The number of nitrogens with zero attached hydrogens (tertiary/aromatic N) is 1. The number of nitrogens with two attached hydrogens (primary N) is 1. The fraction of sp³-hybridized carbons (Fsp3) is 0.938. The van der Waals surface area contributed by atoms with Gasteiger partial charge in [-0.25, -0.2) is 0 Å². The Balaban J connectivity index is 4.22. The number of quaternary nitrogens is 1. The van der Waals surface area contributed by atoms with E-state index >= 15 is 0 Å². The van der Waals surface area contributed by atoms with Crippen molar-refractivity contribution in [2.75, 3.05) is 54.1 Å². The zero-order chi connectivity index (χ0) is 32.2. The van der Waals surface area contributed by atoms with Gasteiger partial charge in [-0.05, 0) is 25.8 Å². The minimum Gasteiger partial charge on any atom is -0.756 e. The topological polar surface area (TPSA) is 137 Å². The number of phosphoric acid groups is 1. The predicted molar refractivity (Wildman–Crippen MR) is 170 cm³/mol. The summed E-state index contributed by atoms with van der Waals surface area (Å²) in [5, 5.41) is 0. The predicted octanol–water partition coefficient (Wildman–Crippen LogP) is 6.43. The number of hydrogen-bond acceptors (Lipinski definition) is 9. The minimum atomic E-state index is -4.61. The van der Waals surface area contributed by atoms with Crippen LogP contribution < -0.4 is 10.6 Å². The third kappa shape index (κ3) is 30.8. The summed E-state index contributed by atoms with van der Waals surface area (Å²) < 4.78 is 33.3. The Morgan fingerprint density at radius 3 is 1.65 bits per heavy atom. The Morgan fingerprint density at radius 1 is 0.698 bits per heavy atom. The Hall–Kier alpha value is -1.03. The SMILES string of the molecule is CCCCCCCCCCCCCCCCCC(=O)OC[C@H](COP(=O)([O-])OCC[N+](C)(C)C)OC(=O)CCCCCN. The third-order valence-corrected chi connectivity index (χ3v) is 8.19. The minimum absolute atomic E-state index is 0.0376. The van der Waals surface area contributed by atoms with Crippen molar-refractivity contribution in [1.82, 2.24) is 0 Å². The fourth-order valence-corrected chi connectivity index (χ4v) is 5.22. The largest absolute Gasteiger partial charge is 0.756 e. The number of rotatable bonds is 31. The van der Waals surface area contributed by atoms with Gasteiger partial charge < -0.3 is 33.6 Å². The second-order valence-corrected chi connectivity index (χ2v) is 14.1. The van der Waals surface area contributed by atoms with Crippen molar-refractivity contribution >= 4 is 19.8 Å². The molecule has 256 valence electrons. The number of phosphoric ester groups is 1. The first-order valence-electron chi connectivity index (χ1n) is 16.9. The molecule has 10 nitrogen and oxygen atoms in total. The summed E-state index contributed by atoms with van der Waals surface area (Å²) in [6.07, 6.45) is 20.3. The quantitative estimate of drug-likeness (QED) is 0.0395. The molecule has 1 unspecified atom stereocenters. The molecule has 0 aromatic heterocycles. The molecule has 0 heterocycles. The summed E-state index contributed by atoms with van der Waals surface area (Å²) >= 11 is 0. The van der Waals surface area contributed by atoms with Crippen LogP contribution in [0, 0.1) is 0 Å². The van der Waals surface area contributed by atoms with E-state index in [1.165, 1.54) is 77.0 Å². The molecular formula is C32H65N2O8P. The molecule has 0 aliphatic heterocycles. The Morgan fingerprint density at radius 2 is 1.16 bits per heavy atom. The number of likely N-dealkylation sites (N-methyl/N-ethyl adjacent to an activating group) is 1. The molecule has 2 N–H and O–H groups in total. The Kier molecular flexibility index (Phi) is 26.6. The molecule has 0 radical (unpaired) electrons. The monoisotopic (exact) mass is 636 g/mol. The molecule has 0 rings (SSSR count). The summed E-state index contributed by atoms with van der Waals surface area (Å²) in [6.45, 7) is 2.48. The van der Waals surface area contributed by atoms with Crippen molar-refractivity contribution < 1.29 is 42.1 Å². The molecule has 0 fully saturated rings. The highest BCUT2D eigenvalue weighted by molar-refractivity contribution is 7.45. The molecule has 0 amide bonds. The van der Waals surface area contributed by atoms with Crippen molar-refractivity contribution in [2.45, 2.75) is 141 Å². The van der Waals surface area contributed by atoms with Gasteiger partial charge in [-0.2, -0.15) is 0 Å². The highest BCUT2D eigenvalue weighted by Gasteiger charge is 2.21. The van der Waals surface area contributed by atoms with Gasteiger partial charge in [-0.1, -0.05) is 103 Å². The van der Waals surface area contributed by atoms with Crippen molar-refractivity contribution in [3.8, 4) is 0 Å². The number of unbranched alkanes of at least 4 members (excludes halogenated alkanes) is 16. The van der Waals surface area contributed by atoms with Crippen molar-refractivity contribution in [3.05, 3.63) is 0 Å². The van der Waals surface area contributed by atoms with Gasteiger partial charge in [0.25, 0.3) is 7.82 Å².